The molecule has 16 N–H and O–H groups in total. The molecule has 1 aromatic carbocycles. The number of benzene rings is 1. The number of carbonyl (C=O) groups is 9. The lowest BCUT2D eigenvalue weighted by Gasteiger charge is -2.25. The zero-order chi connectivity index (χ0) is 49.3. The van der Waals surface area contributed by atoms with Gasteiger partial charge in [0.2, 0.25) is 47.3 Å². The quantitative estimate of drug-likeness (QED) is 0.0258. The average molecular weight is 949 g/mol. The van der Waals surface area contributed by atoms with Crippen LogP contribution in [-0.4, -0.2) is 159 Å². The van der Waals surface area contributed by atoms with Crippen molar-refractivity contribution >= 4 is 65.9 Å². The van der Waals surface area contributed by atoms with E-state index in [4.69, 9.17) is 11.5 Å². The normalized spacial score (nSPS) is 14.7. The van der Waals surface area contributed by atoms with Crippen molar-refractivity contribution in [2.24, 2.45) is 17.4 Å². The fourth-order valence-electron chi connectivity index (χ4n) is 6.11. The zero-order valence-corrected chi connectivity index (χ0v) is 38.0. The van der Waals surface area contributed by atoms with Crippen molar-refractivity contribution in [3.8, 4) is 0 Å². The van der Waals surface area contributed by atoms with Crippen molar-refractivity contribution < 1.29 is 58.5 Å². The minimum atomic E-state index is -1.69. The lowest BCUT2D eigenvalue weighted by atomic mass is 10.0. The van der Waals surface area contributed by atoms with Gasteiger partial charge in [-0.3, -0.25) is 38.4 Å². The number of aliphatic carboxylic acids is 1. The van der Waals surface area contributed by atoms with Crippen molar-refractivity contribution in [1.29, 1.82) is 0 Å². The van der Waals surface area contributed by atoms with E-state index in [2.05, 4.69) is 65.1 Å². The van der Waals surface area contributed by atoms with E-state index in [1.54, 1.807) is 44.2 Å². The van der Waals surface area contributed by atoms with Crippen molar-refractivity contribution in [2.75, 3.05) is 32.1 Å². The summed E-state index contributed by atoms with van der Waals surface area (Å²) in [5, 5.41) is 48.5. The predicted molar refractivity (Wildman–Crippen MR) is 241 cm³/mol. The van der Waals surface area contributed by atoms with Gasteiger partial charge in [-0.25, -0.2) is 9.78 Å². The Labute approximate surface area is 387 Å². The lowest BCUT2D eigenvalue weighted by Crippen LogP contribution is -2.60. The monoisotopic (exact) mass is 948 g/mol. The number of aromatic amines is 1. The summed E-state index contributed by atoms with van der Waals surface area (Å²) < 4.78 is 0. The molecule has 2 aromatic rings. The number of nitrogens with two attached hydrogens (primary N) is 2. The highest BCUT2D eigenvalue weighted by Crippen LogP contribution is 2.09. The summed E-state index contributed by atoms with van der Waals surface area (Å²) in [6, 6.07) is -2.05. The van der Waals surface area contributed by atoms with Gasteiger partial charge in [0, 0.05) is 30.5 Å². The van der Waals surface area contributed by atoms with Crippen LogP contribution in [0.4, 0.5) is 0 Å². The van der Waals surface area contributed by atoms with Crippen molar-refractivity contribution in [3.05, 3.63) is 54.1 Å². The van der Waals surface area contributed by atoms with Gasteiger partial charge in [-0.1, -0.05) is 50.6 Å². The Balaban J connectivity index is 2.00. The fourth-order valence-corrected chi connectivity index (χ4v) is 6.36. The van der Waals surface area contributed by atoms with Gasteiger partial charge in [0.25, 0.3) is 0 Å². The molecule has 0 aliphatic carbocycles. The minimum absolute atomic E-state index is 0.00509. The number of aliphatic hydroxyl groups excluding tert-OH is 2. The topological polar surface area (TPSA) is 391 Å². The highest BCUT2D eigenvalue weighted by Gasteiger charge is 2.32. The SMILES string of the molecule is CC(C)CC(NC(=O)C(Cc1ccccc1)NC(=O)C(C)NC(=O)C(CS)NC(=O)CNC(=O)C(CO)NC(=O)C(CO)NC(=O)C(Cc1cnc[nH]1)NC(=O)C(N)CCCCN)C(=O)O. The third-order valence-corrected chi connectivity index (χ3v) is 10.2. The Morgan fingerprint density at radius 1 is 0.682 bits per heavy atom. The van der Waals surface area contributed by atoms with Gasteiger partial charge < -0.3 is 74.3 Å². The van der Waals surface area contributed by atoms with E-state index in [-0.39, 0.29) is 30.9 Å². The number of hydrogen-bond donors (Lipinski definition) is 15. The number of amides is 8. The molecule has 366 valence electrons. The second-order valence-electron chi connectivity index (χ2n) is 15.8. The summed E-state index contributed by atoms with van der Waals surface area (Å²) in [5.74, 6) is -8.66. The highest BCUT2D eigenvalue weighted by atomic mass is 32.1. The number of H-pyrrole nitrogens is 1. The second kappa shape index (κ2) is 29.4. The molecular weight excluding hydrogens is 885 g/mol. The molecule has 0 saturated carbocycles. The van der Waals surface area contributed by atoms with E-state index >= 15 is 0 Å². The molecular formula is C41H64N12O12S. The fraction of sp³-hybridized carbons (Fsp3) is 0.561. The van der Waals surface area contributed by atoms with Crippen LogP contribution in [0.2, 0.25) is 0 Å². The van der Waals surface area contributed by atoms with Crippen LogP contribution in [0.3, 0.4) is 0 Å². The molecule has 0 saturated heterocycles. The van der Waals surface area contributed by atoms with Crippen LogP contribution < -0.4 is 54.0 Å². The molecule has 0 radical (unpaired) electrons. The largest absolute Gasteiger partial charge is 0.480 e. The van der Waals surface area contributed by atoms with E-state index in [1.807, 2.05) is 0 Å². The summed E-state index contributed by atoms with van der Waals surface area (Å²) in [5.41, 5.74) is 12.6. The van der Waals surface area contributed by atoms with Gasteiger partial charge in [0.05, 0.1) is 32.1 Å². The van der Waals surface area contributed by atoms with E-state index in [1.165, 1.54) is 19.4 Å². The summed E-state index contributed by atoms with van der Waals surface area (Å²) in [6.07, 6.45) is 4.28. The van der Waals surface area contributed by atoms with Crippen LogP contribution in [0, 0.1) is 5.92 Å². The number of carbonyl (C=O) groups excluding carboxylic acids is 8. The third-order valence-electron chi connectivity index (χ3n) is 9.80. The first-order valence-corrected chi connectivity index (χ1v) is 21.9. The highest BCUT2D eigenvalue weighted by molar-refractivity contribution is 7.80. The maximum Gasteiger partial charge on any atom is 0.326 e. The van der Waals surface area contributed by atoms with Crippen LogP contribution in [0.15, 0.2) is 42.9 Å². The molecule has 1 heterocycles. The van der Waals surface area contributed by atoms with E-state index < -0.39 is 121 Å². The predicted octanol–water partition coefficient (Wildman–Crippen LogP) is -4.77. The van der Waals surface area contributed by atoms with Gasteiger partial charge in [0.1, 0.15) is 42.3 Å². The van der Waals surface area contributed by atoms with Crippen LogP contribution in [-0.2, 0) is 56.0 Å². The standard InChI is InChI=1S/C41H64N12O12S/c1-22(2)13-29(41(64)65)51-37(60)27(14-24-9-5-4-6-10-24)49-34(57)23(3)47-40(63)32(20-66)48-33(56)17-45-36(59)30(18-54)52-39(62)31(19-55)53-38(61)28(15-25-16-44-21-46-25)50-35(58)26(43)11-7-8-12-42/h4-6,9-10,16,21-23,26-32,54-55,66H,7-8,11-15,17-20,42-43H2,1-3H3,(H,44,46)(H,45,59)(H,47,63)(H,48,56)(H,49,57)(H,50,58)(H,51,60)(H,52,62)(H,53,61)(H,64,65). The molecule has 25 heteroatoms. The molecule has 0 aliphatic rings. The van der Waals surface area contributed by atoms with Crippen molar-refractivity contribution in [1.82, 2.24) is 52.5 Å². The molecule has 0 bridgehead atoms. The molecule has 8 atom stereocenters. The Bertz CT molecular complexity index is 1910. The number of hydrogen-bond acceptors (Lipinski definition) is 15. The van der Waals surface area contributed by atoms with Gasteiger partial charge in [-0.15, -0.1) is 0 Å². The maximum absolute atomic E-state index is 13.3. The molecule has 0 fully saturated rings. The number of nitrogens with zero attached hydrogens (tertiary/aromatic N) is 1. The maximum atomic E-state index is 13.3. The third kappa shape index (κ3) is 19.9. The van der Waals surface area contributed by atoms with Crippen LogP contribution in [0.5, 0.6) is 0 Å². The van der Waals surface area contributed by atoms with Gasteiger partial charge >= 0.3 is 5.97 Å². The number of nitrogens with one attached hydrogen (secondary N) is 9. The summed E-state index contributed by atoms with van der Waals surface area (Å²) >= 11 is 4.10. The smallest absolute Gasteiger partial charge is 0.326 e. The first kappa shape index (κ1) is 56.0. The minimum Gasteiger partial charge on any atom is -0.480 e. The number of carboxylic acid groups (broad SMARTS) is 1. The van der Waals surface area contributed by atoms with Gasteiger partial charge in [0.15, 0.2) is 0 Å². The van der Waals surface area contributed by atoms with E-state index in [0.29, 0.717) is 37.1 Å². The molecule has 8 amide bonds. The first-order chi connectivity index (χ1) is 31.3. The van der Waals surface area contributed by atoms with Crippen LogP contribution in [0.1, 0.15) is 57.7 Å². The molecule has 24 nitrogen and oxygen atoms in total. The van der Waals surface area contributed by atoms with Gasteiger partial charge in [-0.05, 0) is 44.2 Å². The Kier molecular flexibility index (Phi) is 24.9. The average Bonchev–Trinajstić information content (AvgIpc) is 3.80. The van der Waals surface area contributed by atoms with E-state index in [9.17, 15) is 58.5 Å². The van der Waals surface area contributed by atoms with Crippen molar-refractivity contribution in [3.63, 3.8) is 0 Å². The molecule has 1 aromatic heterocycles. The van der Waals surface area contributed by atoms with Crippen molar-refractivity contribution in [2.45, 2.75) is 108 Å². The lowest BCUT2D eigenvalue weighted by molar-refractivity contribution is -0.142. The number of carboxylic acids is 1. The molecule has 8 unspecified atom stereocenters. The molecule has 2 rings (SSSR count). The Morgan fingerprint density at radius 2 is 1.23 bits per heavy atom. The number of rotatable bonds is 30. The zero-order valence-electron chi connectivity index (χ0n) is 37.1. The number of aliphatic hydroxyl groups is 2. The number of aromatic nitrogens is 2. The first-order valence-electron chi connectivity index (χ1n) is 21.2. The van der Waals surface area contributed by atoms with Crippen LogP contribution in [0.25, 0.3) is 0 Å². The second-order valence-corrected chi connectivity index (χ2v) is 16.1. The van der Waals surface area contributed by atoms with Crippen LogP contribution >= 0.6 is 12.6 Å². The number of imidazole rings is 1. The van der Waals surface area contributed by atoms with E-state index in [0.717, 1.165) is 0 Å². The molecule has 0 aliphatic heterocycles. The Morgan fingerprint density at radius 3 is 1.77 bits per heavy atom. The summed E-state index contributed by atoms with van der Waals surface area (Å²) in [7, 11) is 0. The Hall–Kier alpha value is -6.15. The number of thiol groups is 1. The number of unbranched alkanes of at least 4 members (excludes halogenated alkanes) is 1. The summed E-state index contributed by atoms with van der Waals surface area (Å²) in [6.45, 7) is 2.58. The molecule has 66 heavy (non-hydrogen) atoms. The summed E-state index contributed by atoms with van der Waals surface area (Å²) in [4.78, 5) is 123. The van der Waals surface area contributed by atoms with Gasteiger partial charge in [-0.2, -0.15) is 12.6 Å². The molecule has 0 spiro atoms.